The normalized spacial score (nSPS) is 24.6. The molecule has 2 amide bonds. The van der Waals surface area contributed by atoms with E-state index in [1.165, 1.54) is 11.1 Å². The highest BCUT2D eigenvalue weighted by Gasteiger charge is 2.43. The molecule has 0 heterocycles. The van der Waals surface area contributed by atoms with Crippen molar-refractivity contribution in [2.45, 2.75) is 31.2 Å². The number of carbonyl (C=O) groups is 3. The number of carbonyl (C=O) groups excluding carboxylic acids is 2. The van der Waals surface area contributed by atoms with E-state index in [1.54, 1.807) is 0 Å². The summed E-state index contributed by atoms with van der Waals surface area (Å²) >= 11 is 0. The van der Waals surface area contributed by atoms with Crippen LogP contribution in [0.25, 0.3) is 11.1 Å². The Balaban J connectivity index is 1.12. The molecule has 2 unspecified atom stereocenters. The molecule has 0 aromatic heterocycles. The fourth-order valence-corrected chi connectivity index (χ4v) is 5.15. The summed E-state index contributed by atoms with van der Waals surface area (Å²) in [7, 11) is 0. The van der Waals surface area contributed by atoms with Crippen LogP contribution in [-0.2, 0) is 14.3 Å². The van der Waals surface area contributed by atoms with E-state index in [1.807, 2.05) is 36.4 Å². The Hall–Kier alpha value is -3.61. The number of nitrogens with one attached hydrogen (secondary N) is 2. The molecule has 0 spiro atoms. The third-order valence-corrected chi connectivity index (χ3v) is 7.12. The minimum Gasteiger partial charge on any atom is -0.481 e. The van der Waals surface area contributed by atoms with E-state index >= 15 is 0 Å². The first-order valence-electron chi connectivity index (χ1n) is 11.8. The largest absolute Gasteiger partial charge is 0.481 e. The van der Waals surface area contributed by atoms with Gasteiger partial charge >= 0.3 is 12.1 Å². The van der Waals surface area contributed by atoms with Crippen molar-refractivity contribution in [1.29, 1.82) is 0 Å². The summed E-state index contributed by atoms with van der Waals surface area (Å²) in [5, 5.41) is 14.7. The first-order valence-corrected chi connectivity index (χ1v) is 11.8. The number of fused-ring (bicyclic) bond motifs is 3. The van der Waals surface area contributed by atoms with E-state index in [4.69, 9.17) is 9.84 Å². The molecule has 0 aliphatic heterocycles. The molecule has 0 saturated heterocycles. The Kier molecular flexibility index (Phi) is 6.09. The van der Waals surface area contributed by atoms with Gasteiger partial charge in [-0.15, -0.1) is 0 Å². The van der Waals surface area contributed by atoms with Crippen molar-refractivity contribution in [2.75, 3.05) is 13.2 Å². The minimum absolute atomic E-state index is 0.00405. The van der Waals surface area contributed by atoms with Gasteiger partial charge in [-0.1, -0.05) is 60.7 Å². The van der Waals surface area contributed by atoms with Crippen LogP contribution in [0.4, 0.5) is 4.79 Å². The van der Waals surface area contributed by atoms with Crippen LogP contribution in [0.5, 0.6) is 0 Å². The molecule has 34 heavy (non-hydrogen) atoms. The molecular formula is C27H28N2O5. The molecule has 3 aliphatic rings. The molecule has 3 aliphatic carbocycles. The summed E-state index contributed by atoms with van der Waals surface area (Å²) in [4.78, 5) is 36.1. The number of carboxylic acid groups (broad SMARTS) is 1. The number of rotatable bonds is 7. The predicted octanol–water partition coefficient (Wildman–Crippen LogP) is 3.70. The molecule has 0 bridgehead atoms. The fourth-order valence-electron chi connectivity index (χ4n) is 5.15. The molecule has 2 aromatic carbocycles. The first-order chi connectivity index (χ1) is 16.5. The highest BCUT2D eigenvalue weighted by Crippen LogP contribution is 2.44. The third kappa shape index (κ3) is 4.55. The Labute approximate surface area is 198 Å². The van der Waals surface area contributed by atoms with Gasteiger partial charge in [-0.2, -0.15) is 0 Å². The minimum atomic E-state index is -0.799. The van der Waals surface area contributed by atoms with Gasteiger partial charge in [-0.05, 0) is 47.4 Å². The molecule has 4 atom stereocenters. The molecule has 0 radical (unpaired) electrons. The van der Waals surface area contributed by atoms with Crippen LogP contribution in [0.15, 0.2) is 60.7 Å². The van der Waals surface area contributed by atoms with Gasteiger partial charge in [0.15, 0.2) is 0 Å². The van der Waals surface area contributed by atoms with Crippen LogP contribution in [0, 0.1) is 17.8 Å². The van der Waals surface area contributed by atoms with Crippen LogP contribution < -0.4 is 10.6 Å². The van der Waals surface area contributed by atoms with Gasteiger partial charge in [0.1, 0.15) is 6.61 Å². The standard InChI is InChI=1S/C27H28N2O5/c30-25(28-14-17-13-23(17)26(31)32)16-6-5-7-18(12-16)29-27(33)34-15-24-21-10-3-1-8-19(21)20-9-2-4-11-22(20)24/h1-5,7-11,16-18,23-24H,6,12-15H2,(H,28,30)(H,29,33)(H,31,32)/t16?,17-,18?,23-/m1/s1. The van der Waals surface area contributed by atoms with E-state index in [-0.39, 0.29) is 42.2 Å². The quantitative estimate of drug-likeness (QED) is 0.547. The topological polar surface area (TPSA) is 105 Å². The lowest BCUT2D eigenvalue weighted by atomic mass is 9.90. The summed E-state index contributed by atoms with van der Waals surface area (Å²) < 4.78 is 5.62. The van der Waals surface area contributed by atoms with Crippen molar-refractivity contribution in [3.63, 3.8) is 0 Å². The van der Waals surface area contributed by atoms with Crippen LogP contribution in [0.2, 0.25) is 0 Å². The maximum absolute atomic E-state index is 12.6. The van der Waals surface area contributed by atoms with Crippen LogP contribution in [-0.4, -0.2) is 42.3 Å². The second-order valence-electron chi connectivity index (χ2n) is 9.36. The molecule has 3 N–H and O–H groups in total. The molecule has 5 rings (SSSR count). The Bertz CT molecular complexity index is 1100. The van der Waals surface area contributed by atoms with E-state index in [0.29, 0.717) is 25.8 Å². The number of benzene rings is 2. The average molecular weight is 461 g/mol. The smallest absolute Gasteiger partial charge is 0.407 e. The molecule has 1 fully saturated rings. The van der Waals surface area contributed by atoms with Crippen molar-refractivity contribution < 1.29 is 24.2 Å². The lowest BCUT2D eigenvalue weighted by Crippen LogP contribution is -2.41. The Morgan fingerprint density at radius 3 is 2.29 bits per heavy atom. The summed E-state index contributed by atoms with van der Waals surface area (Å²) in [5.74, 6) is -1.47. The molecule has 1 saturated carbocycles. The number of allylic oxidation sites excluding steroid dienone is 1. The van der Waals surface area contributed by atoms with Crippen molar-refractivity contribution in [3.05, 3.63) is 71.8 Å². The van der Waals surface area contributed by atoms with E-state index in [2.05, 4.69) is 34.9 Å². The molecular weight excluding hydrogens is 432 g/mol. The van der Waals surface area contributed by atoms with Crippen LogP contribution in [0.3, 0.4) is 0 Å². The lowest BCUT2D eigenvalue weighted by molar-refractivity contribution is -0.139. The Morgan fingerprint density at radius 2 is 1.65 bits per heavy atom. The second kappa shape index (κ2) is 9.33. The number of amides is 2. The van der Waals surface area contributed by atoms with Gasteiger partial charge in [0.05, 0.1) is 12.0 Å². The zero-order valence-electron chi connectivity index (χ0n) is 18.8. The van der Waals surface area contributed by atoms with E-state index in [9.17, 15) is 14.4 Å². The number of ether oxygens (including phenoxy) is 1. The Morgan fingerprint density at radius 1 is 0.971 bits per heavy atom. The van der Waals surface area contributed by atoms with Crippen LogP contribution in [0.1, 0.15) is 36.3 Å². The fraction of sp³-hybridized carbons (Fsp3) is 0.370. The molecule has 2 aromatic rings. The van der Waals surface area contributed by atoms with Crippen molar-refractivity contribution in [1.82, 2.24) is 10.6 Å². The number of carboxylic acids is 1. The predicted molar refractivity (Wildman–Crippen MR) is 126 cm³/mol. The lowest BCUT2D eigenvalue weighted by Gasteiger charge is -2.25. The number of alkyl carbamates (subject to hydrolysis) is 1. The second-order valence-corrected chi connectivity index (χ2v) is 9.36. The zero-order chi connectivity index (χ0) is 23.7. The molecule has 7 nitrogen and oxygen atoms in total. The number of hydrogen-bond donors (Lipinski definition) is 3. The summed E-state index contributed by atoms with van der Waals surface area (Å²) in [6.07, 6.45) is 5.00. The van der Waals surface area contributed by atoms with Crippen molar-refractivity contribution >= 4 is 18.0 Å². The first kappa shape index (κ1) is 22.2. The van der Waals surface area contributed by atoms with Crippen molar-refractivity contribution in [3.8, 4) is 11.1 Å². The zero-order valence-corrected chi connectivity index (χ0v) is 18.8. The monoisotopic (exact) mass is 460 g/mol. The maximum Gasteiger partial charge on any atom is 0.407 e. The molecule has 176 valence electrons. The summed E-state index contributed by atoms with van der Waals surface area (Å²) in [6.45, 7) is 0.632. The SMILES string of the molecule is O=C(NC1C=CCC(C(=O)NC[C@H]2C[C@H]2C(=O)O)C1)OCC1c2ccccc2-c2ccccc21. The van der Waals surface area contributed by atoms with Gasteiger partial charge in [0, 0.05) is 18.4 Å². The average Bonchev–Trinajstić information content (AvgIpc) is 3.57. The van der Waals surface area contributed by atoms with Gasteiger partial charge in [0.25, 0.3) is 0 Å². The van der Waals surface area contributed by atoms with Crippen LogP contribution >= 0.6 is 0 Å². The third-order valence-electron chi connectivity index (χ3n) is 7.12. The highest BCUT2D eigenvalue weighted by atomic mass is 16.5. The van der Waals surface area contributed by atoms with E-state index < -0.39 is 12.1 Å². The summed E-state index contributed by atoms with van der Waals surface area (Å²) in [6, 6.07) is 16.1. The van der Waals surface area contributed by atoms with Gasteiger partial charge in [-0.25, -0.2) is 4.79 Å². The van der Waals surface area contributed by atoms with Gasteiger partial charge < -0.3 is 20.5 Å². The maximum atomic E-state index is 12.6. The number of hydrogen-bond acceptors (Lipinski definition) is 4. The summed E-state index contributed by atoms with van der Waals surface area (Å²) in [5.41, 5.74) is 4.67. The number of aliphatic carboxylic acids is 1. The molecule has 7 heteroatoms. The van der Waals surface area contributed by atoms with E-state index in [0.717, 1.165) is 11.1 Å². The van der Waals surface area contributed by atoms with Gasteiger partial charge in [-0.3, -0.25) is 9.59 Å². The van der Waals surface area contributed by atoms with Crippen molar-refractivity contribution in [2.24, 2.45) is 17.8 Å². The highest BCUT2D eigenvalue weighted by molar-refractivity contribution is 5.80. The van der Waals surface area contributed by atoms with Gasteiger partial charge in [0.2, 0.25) is 5.91 Å².